The third-order valence-corrected chi connectivity index (χ3v) is 3.47. The van der Waals surface area contributed by atoms with Crippen LogP contribution in [0.25, 0.3) is 22.0 Å². The van der Waals surface area contributed by atoms with Crippen molar-refractivity contribution in [2.45, 2.75) is 13.8 Å². The molecule has 0 fully saturated rings. The van der Waals surface area contributed by atoms with Crippen LogP contribution in [0.4, 0.5) is 5.69 Å². The Morgan fingerprint density at radius 3 is 2.58 bits per heavy atom. The van der Waals surface area contributed by atoms with E-state index in [-0.39, 0.29) is 0 Å². The van der Waals surface area contributed by atoms with E-state index in [0.717, 1.165) is 22.2 Å². The minimum absolute atomic E-state index is 0.729. The summed E-state index contributed by atoms with van der Waals surface area (Å²) < 4.78 is 0. The fourth-order valence-corrected chi connectivity index (χ4v) is 2.48. The van der Waals surface area contributed by atoms with Gasteiger partial charge in [0, 0.05) is 10.9 Å². The Morgan fingerprint density at radius 1 is 1.00 bits per heavy atom. The quantitative estimate of drug-likeness (QED) is 0.704. The van der Waals surface area contributed by atoms with Crippen molar-refractivity contribution in [1.82, 2.24) is 4.98 Å². The second-order valence-electron chi connectivity index (χ2n) is 4.92. The molecule has 19 heavy (non-hydrogen) atoms. The number of hydrogen-bond donors (Lipinski definition) is 1. The Hall–Kier alpha value is -2.35. The predicted octanol–water partition coefficient (Wildman–Crippen LogP) is 4.10. The lowest BCUT2D eigenvalue weighted by atomic mass is 9.95. The molecule has 1 heterocycles. The number of aryl methyl sites for hydroxylation is 2. The van der Waals surface area contributed by atoms with E-state index in [9.17, 15) is 0 Å². The Labute approximate surface area is 112 Å². The molecular weight excluding hydrogens is 232 g/mol. The van der Waals surface area contributed by atoms with E-state index in [1.54, 1.807) is 6.20 Å². The molecule has 0 unspecified atom stereocenters. The first-order valence-electron chi connectivity index (χ1n) is 6.37. The smallest absolute Gasteiger partial charge is 0.0710 e. The summed E-state index contributed by atoms with van der Waals surface area (Å²) >= 11 is 0. The molecule has 0 radical (unpaired) electrons. The average Bonchev–Trinajstić information content (AvgIpc) is 2.40. The van der Waals surface area contributed by atoms with Crippen LogP contribution in [0.5, 0.6) is 0 Å². The van der Waals surface area contributed by atoms with E-state index in [0.29, 0.717) is 0 Å². The Morgan fingerprint density at radius 2 is 1.79 bits per heavy atom. The molecular formula is C17H16N2. The molecule has 1 aromatic heterocycles. The number of nitrogen functional groups attached to an aromatic ring is 1. The Balaban J connectivity index is 2.43. The first kappa shape index (κ1) is 11.7. The number of anilines is 1. The topological polar surface area (TPSA) is 38.9 Å². The minimum Gasteiger partial charge on any atom is -0.397 e. The number of pyridine rings is 1. The molecule has 0 bridgehead atoms. The molecule has 0 spiro atoms. The normalized spacial score (nSPS) is 10.8. The predicted molar refractivity (Wildman–Crippen MR) is 81.1 cm³/mol. The van der Waals surface area contributed by atoms with Gasteiger partial charge < -0.3 is 5.73 Å². The maximum Gasteiger partial charge on any atom is 0.0710 e. The van der Waals surface area contributed by atoms with Gasteiger partial charge in [0.1, 0.15) is 0 Å². The first-order chi connectivity index (χ1) is 9.16. The highest BCUT2D eigenvalue weighted by atomic mass is 14.7. The number of rotatable bonds is 1. The zero-order chi connectivity index (χ0) is 13.4. The van der Waals surface area contributed by atoms with E-state index in [2.05, 4.69) is 43.1 Å². The summed E-state index contributed by atoms with van der Waals surface area (Å²) in [7, 11) is 0. The molecule has 3 aromatic rings. The fourth-order valence-electron chi connectivity index (χ4n) is 2.48. The van der Waals surface area contributed by atoms with Crippen molar-refractivity contribution in [1.29, 1.82) is 0 Å². The molecule has 0 atom stereocenters. The third-order valence-electron chi connectivity index (χ3n) is 3.47. The minimum atomic E-state index is 0.729. The van der Waals surface area contributed by atoms with E-state index in [1.807, 2.05) is 18.2 Å². The molecule has 0 saturated heterocycles. The summed E-state index contributed by atoms with van der Waals surface area (Å²) in [5.41, 5.74) is 12.6. The second kappa shape index (κ2) is 4.39. The van der Waals surface area contributed by atoms with Gasteiger partial charge in [-0.15, -0.1) is 0 Å². The number of nitrogens with zero attached hydrogens (tertiary/aromatic N) is 1. The maximum absolute atomic E-state index is 6.18. The highest BCUT2D eigenvalue weighted by Gasteiger charge is 2.10. The largest absolute Gasteiger partial charge is 0.397 e. The molecule has 3 rings (SSSR count). The van der Waals surface area contributed by atoms with Crippen molar-refractivity contribution in [2.75, 3.05) is 5.73 Å². The lowest BCUT2D eigenvalue weighted by molar-refractivity contribution is 1.38. The van der Waals surface area contributed by atoms with Crippen LogP contribution in [0.2, 0.25) is 0 Å². The van der Waals surface area contributed by atoms with Crippen LogP contribution in [0.15, 0.2) is 48.7 Å². The maximum atomic E-state index is 6.18. The zero-order valence-electron chi connectivity index (χ0n) is 11.1. The van der Waals surface area contributed by atoms with Crippen molar-refractivity contribution in [3.63, 3.8) is 0 Å². The third kappa shape index (κ3) is 1.95. The van der Waals surface area contributed by atoms with Gasteiger partial charge in [-0.25, -0.2) is 0 Å². The molecule has 0 aliphatic rings. The average molecular weight is 248 g/mol. The molecule has 94 valence electrons. The first-order valence-corrected chi connectivity index (χ1v) is 6.37. The van der Waals surface area contributed by atoms with Crippen molar-refractivity contribution in [2.24, 2.45) is 0 Å². The molecule has 2 aromatic carbocycles. The lowest BCUT2D eigenvalue weighted by Crippen LogP contribution is -1.95. The Kier molecular flexibility index (Phi) is 2.71. The number of benzene rings is 2. The number of fused-ring (bicyclic) bond motifs is 1. The SMILES string of the molecule is Cc1ccc2ncc(N)c(-c3ccccc3C)c2c1. The summed E-state index contributed by atoms with van der Waals surface area (Å²) in [5, 5.41) is 1.12. The molecule has 0 aliphatic carbocycles. The fraction of sp³-hybridized carbons (Fsp3) is 0.118. The number of aromatic nitrogens is 1. The van der Waals surface area contributed by atoms with Crippen LogP contribution in [-0.4, -0.2) is 4.98 Å². The van der Waals surface area contributed by atoms with Gasteiger partial charge in [-0.05, 0) is 37.1 Å². The lowest BCUT2D eigenvalue weighted by Gasteiger charge is -2.12. The molecule has 2 nitrogen and oxygen atoms in total. The second-order valence-corrected chi connectivity index (χ2v) is 4.92. The van der Waals surface area contributed by atoms with E-state index < -0.39 is 0 Å². The van der Waals surface area contributed by atoms with E-state index >= 15 is 0 Å². The number of nitrogens with two attached hydrogens (primary N) is 1. The summed E-state index contributed by atoms with van der Waals surface area (Å²) in [4.78, 5) is 4.41. The van der Waals surface area contributed by atoms with Crippen molar-refractivity contribution in [3.8, 4) is 11.1 Å². The highest BCUT2D eigenvalue weighted by Crippen LogP contribution is 2.34. The number of hydrogen-bond acceptors (Lipinski definition) is 2. The van der Waals surface area contributed by atoms with Gasteiger partial charge in [0.15, 0.2) is 0 Å². The molecule has 0 aliphatic heterocycles. The van der Waals surface area contributed by atoms with Crippen molar-refractivity contribution < 1.29 is 0 Å². The standard InChI is InChI=1S/C17H16N2/c1-11-7-8-16-14(9-11)17(15(18)10-19-16)13-6-4-3-5-12(13)2/h3-10H,18H2,1-2H3. The van der Waals surface area contributed by atoms with Gasteiger partial charge in [0.25, 0.3) is 0 Å². The van der Waals surface area contributed by atoms with E-state index in [1.165, 1.54) is 16.7 Å². The van der Waals surface area contributed by atoms with Gasteiger partial charge >= 0.3 is 0 Å². The zero-order valence-corrected chi connectivity index (χ0v) is 11.1. The Bertz CT molecular complexity index is 755. The van der Waals surface area contributed by atoms with Gasteiger partial charge in [-0.3, -0.25) is 4.98 Å². The monoisotopic (exact) mass is 248 g/mol. The van der Waals surface area contributed by atoms with Gasteiger partial charge in [0.2, 0.25) is 0 Å². The molecule has 2 N–H and O–H groups in total. The van der Waals surface area contributed by atoms with Gasteiger partial charge in [0.05, 0.1) is 17.4 Å². The summed E-state index contributed by atoms with van der Waals surface area (Å²) in [6, 6.07) is 14.6. The van der Waals surface area contributed by atoms with Gasteiger partial charge in [-0.2, -0.15) is 0 Å². The van der Waals surface area contributed by atoms with Crippen LogP contribution in [-0.2, 0) is 0 Å². The molecule has 0 saturated carbocycles. The van der Waals surface area contributed by atoms with Crippen molar-refractivity contribution >= 4 is 16.6 Å². The van der Waals surface area contributed by atoms with Crippen molar-refractivity contribution in [3.05, 3.63) is 59.8 Å². The molecule has 0 amide bonds. The van der Waals surface area contributed by atoms with E-state index in [4.69, 9.17) is 5.73 Å². The van der Waals surface area contributed by atoms with Crippen LogP contribution >= 0.6 is 0 Å². The van der Waals surface area contributed by atoms with Crippen LogP contribution in [0, 0.1) is 13.8 Å². The van der Waals surface area contributed by atoms with Crippen LogP contribution < -0.4 is 5.73 Å². The van der Waals surface area contributed by atoms with Crippen LogP contribution in [0.3, 0.4) is 0 Å². The summed E-state index contributed by atoms with van der Waals surface area (Å²) in [5.74, 6) is 0. The summed E-state index contributed by atoms with van der Waals surface area (Å²) in [6.45, 7) is 4.20. The molecule has 2 heteroatoms. The highest BCUT2D eigenvalue weighted by molar-refractivity contribution is 6.01. The van der Waals surface area contributed by atoms with Crippen LogP contribution in [0.1, 0.15) is 11.1 Å². The van der Waals surface area contributed by atoms with Gasteiger partial charge in [-0.1, -0.05) is 35.9 Å². The summed E-state index contributed by atoms with van der Waals surface area (Å²) in [6.07, 6.45) is 1.75.